The number of ether oxygens (including phenoxy) is 2. The normalized spacial score (nSPS) is 14.9. The Morgan fingerprint density at radius 2 is 1.79 bits per heavy atom. The maximum atomic E-state index is 12.0. The summed E-state index contributed by atoms with van der Waals surface area (Å²) in [6.07, 6.45) is -0.291. The molecular weight excluding hydrogens is 362 g/mol. The number of nitrogens with one attached hydrogen (secondary N) is 3. The molecule has 146 valence electrons. The van der Waals surface area contributed by atoms with Crippen molar-refractivity contribution in [2.24, 2.45) is 0 Å². The van der Waals surface area contributed by atoms with E-state index in [0.717, 1.165) is 6.42 Å². The quantitative estimate of drug-likeness (QED) is 0.657. The second-order valence-electron chi connectivity index (χ2n) is 6.18. The number of para-hydroxylation sites is 2. The Labute approximate surface area is 162 Å². The monoisotopic (exact) mass is 383 g/mol. The summed E-state index contributed by atoms with van der Waals surface area (Å²) in [5.74, 6) is -0.442. The van der Waals surface area contributed by atoms with Crippen LogP contribution in [0.1, 0.15) is 18.9 Å². The van der Waals surface area contributed by atoms with Crippen molar-refractivity contribution in [2.45, 2.75) is 25.9 Å². The number of carbonyl (C=O) groups excluding carboxylic acids is 3. The fourth-order valence-electron chi connectivity index (χ4n) is 2.59. The van der Waals surface area contributed by atoms with Gasteiger partial charge in [0.25, 0.3) is 11.8 Å². The minimum Gasteiger partial charge on any atom is -0.484 e. The molecule has 8 heteroatoms. The maximum absolute atomic E-state index is 12.0. The Kier molecular flexibility index (Phi) is 6.11. The molecule has 1 atom stereocenters. The zero-order valence-corrected chi connectivity index (χ0v) is 15.4. The number of fused-ring (bicyclic) bond motifs is 1. The number of anilines is 1. The fraction of sp³-hybridized carbons (Fsp3) is 0.250. The van der Waals surface area contributed by atoms with E-state index in [4.69, 9.17) is 9.47 Å². The van der Waals surface area contributed by atoms with Crippen LogP contribution in [-0.4, -0.2) is 30.4 Å². The van der Waals surface area contributed by atoms with E-state index in [-0.39, 0.29) is 13.0 Å². The summed E-state index contributed by atoms with van der Waals surface area (Å²) in [4.78, 5) is 35.8. The number of rotatable bonds is 6. The lowest BCUT2D eigenvalue weighted by Crippen LogP contribution is -2.47. The molecule has 0 unspecified atom stereocenters. The van der Waals surface area contributed by atoms with E-state index in [9.17, 15) is 14.4 Å². The molecular formula is C20H21N3O5. The number of benzene rings is 2. The van der Waals surface area contributed by atoms with Crippen molar-refractivity contribution in [3.8, 4) is 11.5 Å². The van der Waals surface area contributed by atoms with Gasteiger partial charge in [0.2, 0.25) is 5.91 Å². The average molecular weight is 383 g/mol. The maximum Gasteiger partial charge on any atom is 0.276 e. The third kappa shape index (κ3) is 5.00. The van der Waals surface area contributed by atoms with Gasteiger partial charge in [0.05, 0.1) is 12.1 Å². The summed E-state index contributed by atoms with van der Waals surface area (Å²) in [6.45, 7) is 1.80. The van der Waals surface area contributed by atoms with Gasteiger partial charge in [-0.05, 0) is 36.2 Å². The van der Waals surface area contributed by atoms with E-state index in [1.165, 1.54) is 5.56 Å². The van der Waals surface area contributed by atoms with Crippen molar-refractivity contribution in [1.29, 1.82) is 0 Å². The summed E-state index contributed by atoms with van der Waals surface area (Å²) in [5, 5.41) is 2.68. The Hall–Kier alpha value is -3.55. The molecule has 1 heterocycles. The van der Waals surface area contributed by atoms with Gasteiger partial charge in [-0.25, -0.2) is 0 Å². The molecule has 0 radical (unpaired) electrons. The van der Waals surface area contributed by atoms with Crippen molar-refractivity contribution in [3.05, 3.63) is 54.1 Å². The Morgan fingerprint density at radius 3 is 2.54 bits per heavy atom. The molecule has 3 amide bonds. The first-order chi connectivity index (χ1) is 13.5. The van der Waals surface area contributed by atoms with Crippen LogP contribution in [0.2, 0.25) is 0 Å². The fourth-order valence-corrected chi connectivity index (χ4v) is 2.59. The van der Waals surface area contributed by atoms with E-state index < -0.39 is 23.8 Å². The second kappa shape index (κ2) is 8.90. The second-order valence-corrected chi connectivity index (χ2v) is 6.18. The van der Waals surface area contributed by atoms with Crippen molar-refractivity contribution in [3.63, 3.8) is 0 Å². The molecule has 28 heavy (non-hydrogen) atoms. The molecule has 3 rings (SSSR count). The lowest BCUT2D eigenvalue weighted by Gasteiger charge is -2.25. The Bertz CT molecular complexity index is 866. The van der Waals surface area contributed by atoms with Crippen LogP contribution in [0.4, 0.5) is 5.69 Å². The standard InChI is InChI=1S/C20H21N3O5/c1-2-13-7-9-14(10-8-13)27-12-19(25)23-22-18(24)11-17-20(26)21-15-5-3-4-6-16(15)28-17/h3-10,17H,2,11-12H2,1H3,(H,21,26)(H,22,24)(H,23,25)/t17-/m0/s1. The topological polar surface area (TPSA) is 106 Å². The molecule has 0 bridgehead atoms. The van der Waals surface area contributed by atoms with E-state index in [0.29, 0.717) is 17.2 Å². The molecule has 0 aromatic heterocycles. The van der Waals surface area contributed by atoms with Gasteiger partial charge >= 0.3 is 0 Å². The molecule has 2 aromatic rings. The number of carbonyl (C=O) groups is 3. The third-order valence-electron chi connectivity index (χ3n) is 4.12. The summed E-state index contributed by atoms with van der Waals surface area (Å²) < 4.78 is 10.9. The molecule has 0 aliphatic carbocycles. The van der Waals surface area contributed by atoms with Gasteiger partial charge in [-0.3, -0.25) is 25.2 Å². The van der Waals surface area contributed by atoms with Crippen LogP contribution in [0, 0.1) is 0 Å². The lowest BCUT2D eigenvalue weighted by molar-refractivity contribution is -0.133. The Balaban J connectivity index is 1.41. The van der Waals surface area contributed by atoms with Crippen LogP contribution in [0.3, 0.4) is 0 Å². The third-order valence-corrected chi connectivity index (χ3v) is 4.12. The highest BCUT2D eigenvalue weighted by atomic mass is 16.5. The number of hydrazine groups is 1. The van der Waals surface area contributed by atoms with Crippen molar-refractivity contribution in [2.75, 3.05) is 11.9 Å². The molecule has 0 saturated carbocycles. The van der Waals surface area contributed by atoms with Crippen molar-refractivity contribution in [1.82, 2.24) is 10.9 Å². The smallest absolute Gasteiger partial charge is 0.276 e. The van der Waals surface area contributed by atoms with E-state index >= 15 is 0 Å². The minimum atomic E-state index is -0.972. The van der Waals surface area contributed by atoms with Crippen LogP contribution < -0.4 is 25.6 Å². The van der Waals surface area contributed by atoms with Crippen LogP contribution in [0.25, 0.3) is 0 Å². The molecule has 2 aromatic carbocycles. The predicted molar refractivity (Wildman–Crippen MR) is 102 cm³/mol. The first kappa shape index (κ1) is 19.2. The highest BCUT2D eigenvalue weighted by molar-refractivity contribution is 6.00. The van der Waals surface area contributed by atoms with Gasteiger partial charge in [0, 0.05) is 0 Å². The number of aryl methyl sites for hydroxylation is 1. The zero-order valence-electron chi connectivity index (χ0n) is 15.4. The first-order valence-electron chi connectivity index (χ1n) is 8.91. The molecule has 3 N–H and O–H groups in total. The minimum absolute atomic E-state index is 0.236. The molecule has 8 nitrogen and oxygen atoms in total. The molecule has 0 fully saturated rings. The van der Waals surface area contributed by atoms with Gasteiger partial charge in [0.1, 0.15) is 11.5 Å². The SMILES string of the molecule is CCc1ccc(OCC(=O)NNC(=O)C[C@@H]2Oc3ccccc3NC2=O)cc1. The highest BCUT2D eigenvalue weighted by Crippen LogP contribution is 2.29. The van der Waals surface area contributed by atoms with Crippen molar-refractivity contribution >= 4 is 23.4 Å². The summed E-state index contributed by atoms with van der Waals surface area (Å²) in [5.41, 5.74) is 6.22. The predicted octanol–water partition coefficient (Wildman–Crippen LogP) is 1.56. The Morgan fingerprint density at radius 1 is 1.07 bits per heavy atom. The van der Waals surface area contributed by atoms with E-state index in [1.807, 2.05) is 19.1 Å². The summed E-state index contributed by atoms with van der Waals surface area (Å²) in [6, 6.07) is 14.3. The van der Waals surface area contributed by atoms with E-state index in [1.54, 1.807) is 36.4 Å². The van der Waals surface area contributed by atoms with Crippen LogP contribution in [0.15, 0.2) is 48.5 Å². The van der Waals surface area contributed by atoms with Crippen LogP contribution in [-0.2, 0) is 20.8 Å². The summed E-state index contributed by atoms with van der Waals surface area (Å²) >= 11 is 0. The van der Waals surface area contributed by atoms with Gasteiger partial charge < -0.3 is 14.8 Å². The lowest BCUT2D eigenvalue weighted by atomic mass is 10.1. The largest absolute Gasteiger partial charge is 0.484 e. The molecule has 1 aliphatic rings. The van der Waals surface area contributed by atoms with Gasteiger partial charge in [-0.2, -0.15) is 0 Å². The molecule has 1 aliphatic heterocycles. The number of hydrogen-bond donors (Lipinski definition) is 3. The summed E-state index contributed by atoms with van der Waals surface area (Å²) in [7, 11) is 0. The highest BCUT2D eigenvalue weighted by Gasteiger charge is 2.29. The first-order valence-corrected chi connectivity index (χ1v) is 8.91. The zero-order chi connectivity index (χ0) is 19.9. The van der Waals surface area contributed by atoms with Crippen LogP contribution >= 0.6 is 0 Å². The van der Waals surface area contributed by atoms with Gasteiger partial charge in [0.15, 0.2) is 12.7 Å². The molecule has 0 saturated heterocycles. The van der Waals surface area contributed by atoms with Crippen LogP contribution in [0.5, 0.6) is 11.5 Å². The average Bonchev–Trinajstić information content (AvgIpc) is 2.71. The number of hydrogen-bond acceptors (Lipinski definition) is 5. The van der Waals surface area contributed by atoms with E-state index in [2.05, 4.69) is 16.2 Å². The van der Waals surface area contributed by atoms with Gasteiger partial charge in [-0.1, -0.05) is 31.2 Å². The molecule has 0 spiro atoms. The van der Waals surface area contributed by atoms with Crippen molar-refractivity contribution < 1.29 is 23.9 Å². The number of amides is 3. The van der Waals surface area contributed by atoms with Gasteiger partial charge in [-0.15, -0.1) is 0 Å².